The van der Waals surface area contributed by atoms with Gasteiger partial charge >= 0.3 is 6.03 Å². The minimum atomic E-state index is -1.79. The number of carbonyl (C=O) groups excluding carboxylic acids is 2. The lowest BCUT2D eigenvalue weighted by Gasteiger charge is -2.21. The van der Waals surface area contributed by atoms with Crippen LogP contribution >= 0.6 is 23.2 Å². The van der Waals surface area contributed by atoms with E-state index in [0.717, 1.165) is 4.90 Å². The number of imide groups is 1. The average molecular weight is 393 g/mol. The average Bonchev–Trinajstić information content (AvgIpc) is 2.71. The number of nitrogens with one attached hydrogen (secondary N) is 1. The molecule has 7 nitrogen and oxygen atoms in total. The number of halogens is 2. The van der Waals surface area contributed by atoms with Crippen LogP contribution in [0, 0.1) is 0 Å². The van der Waals surface area contributed by atoms with Crippen LogP contribution in [0.5, 0.6) is 0 Å². The summed E-state index contributed by atoms with van der Waals surface area (Å²) >= 11 is 12.3. The van der Waals surface area contributed by atoms with Crippen LogP contribution in [0.2, 0.25) is 10.2 Å². The van der Waals surface area contributed by atoms with Gasteiger partial charge in [0, 0.05) is 12.1 Å². The van der Waals surface area contributed by atoms with Crippen LogP contribution in [0.15, 0.2) is 41.4 Å². The SMILES string of the molecule is CCNC(=O)N1C(=O)C(O)N=C(c2ccccc2Cl)c2nc(Cl)ccc21. The lowest BCUT2D eigenvalue weighted by atomic mass is 10.1. The Morgan fingerprint density at radius 1 is 1.27 bits per heavy atom. The number of urea groups is 1. The van der Waals surface area contributed by atoms with Gasteiger partial charge < -0.3 is 10.4 Å². The molecule has 0 saturated carbocycles. The zero-order valence-electron chi connectivity index (χ0n) is 13.6. The number of rotatable bonds is 2. The first-order valence-electron chi connectivity index (χ1n) is 7.73. The first-order valence-corrected chi connectivity index (χ1v) is 8.49. The summed E-state index contributed by atoms with van der Waals surface area (Å²) in [6, 6.07) is 9.01. The van der Waals surface area contributed by atoms with Gasteiger partial charge in [0.2, 0.25) is 6.23 Å². The second-order valence-electron chi connectivity index (χ2n) is 5.34. The smallest absolute Gasteiger partial charge is 0.328 e. The number of aromatic nitrogens is 1. The molecule has 3 rings (SSSR count). The molecule has 1 aromatic heterocycles. The molecule has 1 aliphatic rings. The van der Waals surface area contributed by atoms with E-state index in [1.807, 2.05) is 0 Å². The molecule has 2 heterocycles. The van der Waals surface area contributed by atoms with Gasteiger partial charge in [-0.1, -0.05) is 41.4 Å². The summed E-state index contributed by atoms with van der Waals surface area (Å²) in [6.45, 7) is 2.01. The molecule has 2 N–H and O–H groups in total. The first kappa shape index (κ1) is 18.3. The molecule has 0 saturated heterocycles. The molecule has 1 unspecified atom stereocenters. The quantitative estimate of drug-likeness (QED) is 0.767. The van der Waals surface area contributed by atoms with E-state index in [4.69, 9.17) is 23.2 Å². The monoisotopic (exact) mass is 392 g/mol. The van der Waals surface area contributed by atoms with Gasteiger partial charge in [0.1, 0.15) is 10.8 Å². The lowest BCUT2D eigenvalue weighted by molar-refractivity contribution is -0.125. The van der Waals surface area contributed by atoms with Crippen LogP contribution in [0.4, 0.5) is 10.5 Å². The van der Waals surface area contributed by atoms with Gasteiger partial charge in [-0.15, -0.1) is 0 Å². The molecule has 0 aliphatic carbocycles. The third-order valence-corrected chi connectivity index (χ3v) is 4.20. The fraction of sp³-hybridized carbons (Fsp3) is 0.176. The van der Waals surface area contributed by atoms with Crippen molar-refractivity contribution in [3.05, 3.63) is 57.8 Å². The summed E-state index contributed by atoms with van der Waals surface area (Å²) in [7, 11) is 0. The second-order valence-corrected chi connectivity index (χ2v) is 6.14. The molecule has 1 aliphatic heterocycles. The van der Waals surface area contributed by atoms with Crippen molar-refractivity contribution in [2.45, 2.75) is 13.2 Å². The zero-order chi connectivity index (χ0) is 18.8. The van der Waals surface area contributed by atoms with Crippen molar-refractivity contribution in [2.75, 3.05) is 11.4 Å². The van der Waals surface area contributed by atoms with E-state index in [2.05, 4.69) is 15.3 Å². The Bertz CT molecular complexity index is 917. The summed E-state index contributed by atoms with van der Waals surface area (Å²) in [6.07, 6.45) is -1.79. The Morgan fingerprint density at radius 2 is 2.00 bits per heavy atom. The maximum absolute atomic E-state index is 12.6. The third-order valence-electron chi connectivity index (χ3n) is 3.66. The summed E-state index contributed by atoms with van der Waals surface area (Å²) in [5, 5.41) is 13.3. The highest BCUT2D eigenvalue weighted by Gasteiger charge is 2.36. The van der Waals surface area contributed by atoms with Gasteiger partial charge in [-0.25, -0.2) is 19.7 Å². The van der Waals surface area contributed by atoms with Gasteiger partial charge in [0.05, 0.1) is 16.4 Å². The van der Waals surface area contributed by atoms with E-state index < -0.39 is 18.2 Å². The molecule has 3 amide bonds. The summed E-state index contributed by atoms with van der Waals surface area (Å²) < 4.78 is 0. The molecule has 26 heavy (non-hydrogen) atoms. The minimum absolute atomic E-state index is 0.142. The number of amides is 3. The van der Waals surface area contributed by atoms with E-state index in [1.165, 1.54) is 12.1 Å². The van der Waals surface area contributed by atoms with E-state index in [1.54, 1.807) is 31.2 Å². The summed E-state index contributed by atoms with van der Waals surface area (Å²) in [4.78, 5) is 34.1. The van der Waals surface area contributed by atoms with Crippen LogP contribution < -0.4 is 10.2 Å². The van der Waals surface area contributed by atoms with E-state index in [-0.39, 0.29) is 22.2 Å². The first-order chi connectivity index (χ1) is 12.4. The van der Waals surface area contributed by atoms with Gasteiger partial charge in [-0.2, -0.15) is 0 Å². The number of aliphatic hydroxyl groups excluding tert-OH is 1. The van der Waals surface area contributed by atoms with Crippen LogP contribution in [-0.2, 0) is 4.79 Å². The Kier molecular flexibility index (Phi) is 5.22. The molecular weight excluding hydrogens is 379 g/mol. The number of carbonyl (C=O) groups is 2. The highest BCUT2D eigenvalue weighted by molar-refractivity contribution is 6.36. The molecule has 0 spiro atoms. The molecule has 9 heteroatoms. The fourth-order valence-corrected chi connectivity index (χ4v) is 2.92. The minimum Gasteiger partial charge on any atom is -0.364 e. The molecule has 1 aromatic carbocycles. The summed E-state index contributed by atoms with van der Waals surface area (Å²) in [5.74, 6) is -0.900. The lowest BCUT2D eigenvalue weighted by Crippen LogP contribution is -2.47. The number of benzene rings is 1. The number of aliphatic imine (C=N–C) groups is 1. The number of anilines is 1. The Morgan fingerprint density at radius 3 is 2.69 bits per heavy atom. The highest BCUT2D eigenvalue weighted by atomic mass is 35.5. The molecule has 2 aromatic rings. The van der Waals surface area contributed by atoms with Gasteiger partial charge in [0.25, 0.3) is 5.91 Å². The molecule has 0 bridgehead atoms. The van der Waals surface area contributed by atoms with Crippen LogP contribution in [0.25, 0.3) is 0 Å². The molecule has 1 atom stereocenters. The molecule has 134 valence electrons. The van der Waals surface area contributed by atoms with Gasteiger partial charge in [0.15, 0.2) is 0 Å². The molecule has 0 fully saturated rings. The predicted octanol–water partition coefficient (Wildman–Crippen LogP) is 2.62. The van der Waals surface area contributed by atoms with Gasteiger partial charge in [-0.3, -0.25) is 4.79 Å². The Balaban J connectivity index is 2.27. The number of aliphatic hydroxyl groups is 1. The standard InChI is InChI=1S/C17H14Cl2N4O3/c1-2-20-17(26)23-11-7-8-12(19)21-14(11)13(22-15(24)16(23)25)9-5-3-4-6-10(9)18/h3-8,15,24H,2H2,1H3,(H,20,26). The van der Waals surface area contributed by atoms with E-state index in [0.29, 0.717) is 17.1 Å². The maximum atomic E-state index is 12.6. The second kappa shape index (κ2) is 7.41. The Labute approximate surface area is 159 Å². The number of fused-ring (bicyclic) bond motifs is 1. The van der Waals surface area contributed by atoms with Crippen LogP contribution in [-0.4, -0.2) is 40.5 Å². The van der Waals surface area contributed by atoms with Crippen molar-refractivity contribution >= 4 is 46.5 Å². The van der Waals surface area contributed by atoms with Crippen molar-refractivity contribution in [2.24, 2.45) is 4.99 Å². The van der Waals surface area contributed by atoms with Crippen LogP contribution in [0.1, 0.15) is 18.2 Å². The van der Waals surface area contributed by atoms with Gasteiger partial charge in [-0.05, 0) is 25.1 Å². The van der Waals surface area contributed by atoms with E-state index in [9.17, 15) is 14.7 Å². The topological polar surface area (TPSA) is 94.9 Å². The van der Waals surface area contributed by atoms with Crippen molar-refractivity contribution < 1.29 is 14.7 Å². The number of nitrogens with zero attached hydrogens (tertiary/aromatic N) is 3. The molecular formula is C17H14Cl2N4O3. The number of pyridine rings is 1. The number of hydrogen-bond donors (Lipinski definition) is 2. The van der Waals surface area contributed by atoms with Crippen molar-refractivity contribution in [3.63, 3.8) is 0 Å². The number of hydrogen-bond acceptors (Lipinski definition) is 5. The predicted molar refractivity (Wildman–Crippen MR) is 98.9 cm³/mol. The summed E-state index contributed by atoms with van der Waals surface area (Å²) in [5.41, 5.74) is 0.942. The van der Waals surface area contributed by atoms with Crippen molar-refractivity contribution in [1.82, 2.24) is 10.3 Å². The zero-order valence-corrected chi connectivity index (χ0v) is 15.1. The van der Waals surface area contributed by atoms with Crippen LogP contribution in [0.3, 0.4) is 0 Å². The Hall–Kier alpha value is -2.48. The van der Waals surface area contributed by atoms with E-state index >= 15 is 0 Å². The maximum Gasteiger partial charge on any atom is 0.328 e. The fourth-order valence-electron chi connectivity index (χ4n) is 2.55. The van der Waals surface area contributed by atoms with Crippen molar-refractivity contribution in [3.8, 4) is 0 Å². The normalized spacial score (nSPS) is 16.6. The van der Waals surface area contributed by atoms with Crippen molar-refractivity contribution in [1.29, 1.82) is 0 Å². The largest absolute Gasteiger partial charge is 0.364 e. The third kappa shape index (κ3) is 3.29. The highest BCUT2D eigenvalue weighted by Crippen LogP contribution is 2.30. The molecule has 0 radical (unpaired) electrons.